The Balaban J connectivity index is 2.22. The predicted molar refractivity (Wildman–Crippen MR) is 63.5 cm³/mol. The van der Waals surface area contributed by atoms with Crippen molar-refractivity contribution >= 4 is 0 Å². The van der Waals surface area contributed by atoms with Gasteiger partial charge >= 0.3 is 0 Å². The average molecular weight is 223 g/mol. The van der Waals surface area contributed by atoms with Crippen molar-refractivity contribution in [1.82, 2.24) is 9.97 Å². The number of hydrogen-bond donors (Lipinski definition) is 2. The topological polar surface area (TPSA) is 63.9 Å². The van der Waals surface area contributed by atoms with Crippen LogP contribution in [0.1, 0.15) is 37.0 Å². The molecule has 0 radical (unpaired) electrons. The van der Waals surface area contributed by atoms with E-state index in [9.17, 15) is 0 Å². The van der Waals surface area contributed by atoms with Crippen LogP contribution in [0.5, 0.6) is 0 Å². The molecule has 0 unspecified atom stereocenters. The lowest BCUT2D eigenvalue weighted by atomic mass is 9.82. The van der Waals surface area contributed by atoms with Gasteiger partial charge in [0.1, 0.15) is 5.82 Å². The van der Waals surface area contributed by atoms with E-state index in [-0.39, 0.29) is 5.41 Å². The molecule has 16 heavy (non-hydrogen) atoms. The van der Waals surface area contributed by atoms with Crippen molar-refractivity contribution in [3.8, 4) is 0 Å². The first-order valence-corrected chi connectivity index (χ1v) is 5.99. The summed E-state index contributed by atoms with van der Waals surface area (Å²) in [6, 6.07) is 0. The lowest BCUT2D eigenvalue weighted by Crippen LogP contribution is -2.31. The summed E-state index contributed by atoms with van der Waals surface area (Å²) >= 11 is 0. The largest absolute Gasteiger partial charge is 0.381 e. The molecule has 1 aliphatic rings. The second-order valence-corrected chi connectivity index (χ2v) is 4.87. The number of aromatic nitrogens is 2. The zero-order valence-electron chi connectivity index (χ0n) is 10.2. The summed E-state index contributed by atoms with van der Waals surface area (Å²) in [5.41, 5.74) is 8.00. The van der Waals surface area contributed by atoms with E-state index < -0.39 is 0 Å². The van der Waals surface area contributed by atoms with E-state index >= 15 is 0 Å². The van der Waals surface area contributed by atoms with Crippen LogP contribution < -0.4 is 5.73 Å². The summed E-state index contributed by atoms with van der Waals surface area (Å²) in [6.45, 7) is 6.67. The fourth-order valence-electron chi connectivity index (χ4n) is 2.22. The average Bonchev–Trinajstić information content (AvgIpc) is 2.63. The standard InChI is InChI=1S/C12H21N3O/c1-9-10(3-6-13)15-11(14-9)12(2)4-7-16-8-5-12/h3-8,13H2,1-2H3,(H,14,15). The van der Waals surface area contributed by atoms with Gasteiger partial charge in [-0.3, -0.25) is 0 Å². The van der Waals surface area contributed by atoms with Gasteiger partial charge in [0.15, 0.2) is 0 Å². The third-order valence-electron chi connectivity index (χ3n) is 3.53. The number of hydrogen-bond acceptors (Lipinski definition) is 3. The first-order chi connectivity index (χ1) is 7.65. The van der Waals surface area contributed by atoms with Crippen molar-refractivity contribution in [3.05, 3.63) is 17.2 Å². The zero-order chi connectivity index (χ0) is 11.6. The first kappa shape index (κ1) is 11.6. The van der Waals surface area contributed by atoms with Gasteiger partial charge in [0.2, 0.25) is 0 Å². The molecule has 1 aliphatic heterocycles. The summed E-state index contributed by atoms with van der Waals surface area (Å²) in [5, 5.41) is 0. The Labute approximate surface area is 96.6 Å². The van der Waals surface area contributed by atoms with E-state index in [1.165, 1.54) is 0 Å². The number of aromatic amines is 1. The molecule has 4 heteroatoms. The molecule has 2 rings (SSSR count). The van der Waals surface area contributed by atoms with E-state index in [1.807, 2.05) is 0 Å². The Hall–Kier alpha value is -0.870. The minimum Gasteiger partial charge on any atom is -0.381 e. The molecule has 0 bridgehead atoms. The molecule has 0 atom stereocenters. The van der Waals surface area contributed by atoms with Gasteiger partial charge in [-0.15, -0.1) is 0 Å². The molecule has 1 fully saturated rings. The highest BCUT2D eigenvalue weighted by Crippen LogP contribution is 2.32. The van der Waals surface area contributed by atoms with E-state index in [1.54, 1.807) is 0 Å². The van der Waals surface area contributed by atoms with Crippen molar-refractivity contribution < 1.29 is 4.74 Å². The highest BCUT2D eigenvalue weighted by Gasteiger charge is 2.32. The Kier molecular flexibility index (Phi) is 3.30. The summed E-state index contributed by atoms with van der Waals surface area (Å²) < 4.78 is 5.41. The minimum absolute atomic E-state index is 0.149. The van der Waals surface area contributed by atoms with Crippen LogP contribution in [0.25, 0.3) is 0 Å². The molecule has 0 spiro atoms. The van der Waals surface area contributed by atoms with Gasteiger partial charge in [0.05, 0.1) is 5.69 Å². The second kappa shape index (κ2) is 4.55. The number of nitrogens with zero attached hydrogens (tertiary/aromatic N) is 1. The highest BCUT2D eigenvalue weighted by molar-refractivity contribution is 5.19. The fourth-order valence-corrected chi connectivity index (χ4v) is 2.22. The Bertz CT molecular complexity index is 353. The lowest BCUT2D eigenvalue weighted by molar-refractivity contribution is 0.0537. The first-order valence-electron chi connectivity index (χ1n) is 5.99. The molecule has 1 aromatic rings. The summed E-state index contributed by atoms with van der Waals surface area (Å²) in [5.74, 6) is 1.11. The van der Waals surface area contributed by atoms with Crippen molar-refractivity contribution in [2.75, 3.05) is 19.8 Å². The second-order valence-electron chi connectivity index (χ2n) is 4.87. The SMILES string of the molecule is Cc1[nH]c(C2(C)CCOCC2)nc1CCN. The predicted octanol–water partition coefficient (Wildman–Crippen LogP) is 1.29. The third-order valence-corrected chi connectivity index (χ3v) is 3.53. The van der Waals surface area contributed by atoms with Crippen LogP contribution >= 0.6 is 0 Å². The molecule has 0 saturated carbocycles. The van der Waals surface area contributed by atoms with Crippen LogP contribution in [0.4, 0.5) is 0 Å². The Morgan fingerprint density at radius 2 is 2.12 bits per heavy atom. The maximum Gasteiger partial charge on any atom is 0.112 e. The molecule has 0 amide bonds. The van der Waals surface area contributed by atoms with Crippen LogP contribution in [-0.2, 0) is 16.6 Å². The van der Waals surface area contributed by atoms with Gasteiger partial charge in [0, 0.05) is 30.7 Å². The van der Waals surface area contributed by atoms with Crippen molar-refractivity contribution in [3.63, 3.8) is 0 Å². The van der Waals surface area contributed by atoms with E-state index in [0.717, 1.165) is 49.7 Å². The molecular weight excluding hydrogens is 202 g/mol. The number of nitrogens with one attached hydrogen (secondary N) is 1. The normalized spacial score (nSPS) is 19.9. The Morgan fingerprint density at radius 3 is 2.75 bits per heavy atom. The van der Waals surface area contributed by atoms with Crippen LogP contribution in [0.2, 0.25) is 0 Å². The van der Waals surface area contributed by atoms with Crippen LogP contribution in [0.3, 0.4) is 0 Å². The molecule has 4 nitrogen and oxygen atoms in total. The van der Waals surface area contributed by atoms with Gasteiger partial charge in [0.25, 0.3) is 0 Å². The number of aryl methyl sites for hydroxylation is 1. The summed E-state index contributed by atoms with van der Waals surface area (Å²) in [6.07, 6.45) is 2.94. The zero-order valence-corrected chi connectivity index (χ0v) is 10.2. The van der Waals surface area contributed by atoms with Crippen LogP contribution in [0, 0.1) is 6.92 Å². The molecule has 0 aromatic carbocycles. The maximum absolute atomic E-state index is 5.58. The molecule has 90 valence electrons. The molecule has 0 aliphatic carbocycles. The molecular formula is C12H21N3O. The smallest absolute Gasteiger partial charge is 0.112 e. The number of ether oxygens (including phenoxy) is 1. The van der Waals surface area contributed by atoms with Gasteiger partial charge in [-0.2, -0.15) is 0 Å². The van der Waals surface area contributed by atoms with Crippen molar-refractivity contribution in [2.24, 2.45) is 5.73 Å². The number of H-pyrrole nitrogens is 1. The van der Waals surface area contributed by atoms with E-state index in [4.69, 9.17) is 15.5 Å². The monoisotopic (exact) mass is 223 g/mol. The maximum atomic E-state index is 5.58. The Morgan fingerprint density at radius 1 is 1.44 bits per heavy atom. The number of imidazole rings is 1. The van der Waals surface area contributed by atoms with Gasteiger partial charge in [-0.25, -0.2) is 4.98 Å². The van der Waals surface area contributed by atoms with E-state index in [0.29, 0.717) is 6.54 Å². The van der Waals surface area contributed by atoms with Crippen LogP contribution in [-0.4, -0.2) is 29.7 Å². The molecule has 3 N–H and O–H groups in total. The number of nitrogens with two attached hydrogens (primary N) is 1. The minimum atomic E-state index is 0.149. The third kappa shape index (κ3) is 2.13. The van der Waals surface area contributed by atoms with Gasteiger partial charge in [-0.1, -0.05) is 6.92 Å². The summed E-state index contributed by atoms with van der Waals surface area (Å²) in [4.78, 5) is 8.12. The molecule has 2 heterocycles. The molecule has 1 saturated heterocycles. The quantitative estimate of drug-likeness (QED) is 0.811. The van der Waals surface area contributed by atoms with Crippen molar-refractivity contribution in [2.45, 2.75) is 38.5 Å². The van der Waals surface area contributed by atoms with Gasteiger partial charge < -0.3 is 15.5 Å². The van der Waals surface area contributed by atoms with Crippen molar-refractivity contribution in [1.29, 1.82) is 0 Å². The van der Waals surface area contributed by atoms with E-state index in [2.05, 4.69) is 18.8 Å². The van der Waals surface area contributed by atoms with Gasteiger partial charge in [-0.05, 0) is 26.3 Å². The van der Waals surface area contributed by atoms with Crippen LogP contribution in [0.15, 0.2) is 0 Å². The number of rotatable bonds is 3. The highest BCUT2D eigenvalue weighted by atomic mass is 16.5. The lowest BCUT2D eigenvalue weighted by Gasteiger charge is -2.31. The fraction of sp³-hybridized carbons (Fsp3) is 0.750. The summed E-state index contributed by atoms with van der Waals surface area (Å²) in [7, 11) is 0. The molecule has 1 aromatic heterocycles.